The summed E-state index contributed by atoms with van der Waals surface area (Å²) in [5.74, 6) is 0.401. The molecular formula is C19H14FN3O2. The molecule has 0 radical (unpaired) electrons. The Labute approximate surface area is 143 Å². The summed E-state index contributed by atoms with van der Waals surface area (Å²) in [6.07, 6.45) is 3.45. The first-order valence-electron chi connectivity index (χ1n) is 7.64. The van der Waals surface area contributed by atoms with Crippen LogP contribution in [0.5, 0.6) is 11.6 Å². The van der Waals surface area contributed by atoms with Crippen molar-refractivity contribution in [3.63, 3.8) is 0 Å². The highest BCUT2D eigenvalue weighted by atomic mass is 19.1. The van der Waals surface area contributed by atoms with Gasteiger partial charge in [0.15, 0.2) is 0 Å². The molecule has 0 fully saturated rings. The zero-order valence-electron chi connectivity index (χ0n) is 13.3. The van der Waals surface area contributed by atoms with Crippen LogP contribution in [0.3, 0.4) is 0 Å². The minimum Gasteiger partial charge on any atom is -0.507 e. The Bertz CT molecular complexity index is 1080. The van der Waals surface area contributed by atoms with Crippen molar-refractivity contribution < 1.29 is 14.2 Å². The molecule has 0 amide bonds. The molecule has 3 heterocycles. The number of nitrogens with zero attached hydrogens (tertiary/aromatic N) is 3. The first-order valence-corrected chi connectivity index (χ1v) is 7.64. The highest BCUT2D eigenvalue weighted by Gasteiger charge is 2.19. The van der Waals surface area contributed by atoms with E-state index in [-0.39, 0.29) is 5.75 Å². The van der Waals surface area contributed by atoms with E-state index in [2.05, 4.69) is 9.97 Å². The van der Waals surface area contributed by atoms with E-state index in [4.69, 9.17) is 4.74 Å². The number of imidazole rings is 1. The van der Waals surface area contributed by atoms with Crippen LogP contribution in [0.25, 0.3) is 28.2 Å². The zero-order valence-corrected chi connectivity index (χ0v) is 13.3. The largest absolute Gasteiger partial charge is 0.507 e. The monoisotopic (exact) mass is 335 g/mol. The number of rotatable bonds is 3. The van der Waals surface area contributed by atoms with E-state index in [0.717, 1.165) is 11.1 Å². The normalized spacial score (nSPS) is 11.0. The minimum absolute atomic E-state index is 0.0399. The van der Waals surface area contributed by atoms with Gasteiger partial charge >= 0.3 is 0 Å². The van der Waals surface area contributed by atoms with E-state index in [1.54, 1.807) is 23.8 Å². The molecule has 0 saturated heterocycles. The number of pyridine rings is 2. The fourth-order valence-corrected chi connectivity index (χ4v) is 2.85. The second-order valence-corrected chi connectivity index (χ2v) is 5.46. The third-order valence-corrected chi connectivity index (χ3v) is 3.97. The smallest absolute Gasteiger partial charge is 0.222 e. The third-order valence-electron chi connectivity index (χ3n) is 3.97. The van der Waals surface area contributed by atoms with Crippen LogP contribution in [-0.2, 0) is 0 Å². The molecule has 0 bridgehead atoms. The van der Waals surface area contributed by atoms with Gasteiger partial charge < -0.3 is 9.84 Å². The Kier molecular flexibility index (Phi) is 3.57. The first kappa shape index (κ1) is 15.1. The third kappa shape index (κ3) is 2.48. The molecule has 124 valence electrons. The molecule has 1 N–H and O–H groups in total. The van der Waals surface area contributed by atoms with Gasteiger partial charge in [-0.15, -0.1) is 0 Å². The van der Waals surface area contributed by atoms with Crippen LogP contribution in [0, 0.1) is 5.82 Å². The molecule has 4 aromatic rings. The van der Waals surface area contributed by atoms with Crippen LogP contribution in [0.15, 0.2) is 60.9 Å². The van der Waals surface area contributed by atoms with E-state index < -0.39 is 5.82 Å². The lowest BCUT2D eigenvalue weighted by atomic mass is 10.1. The van der Waals surface area contributed by atoms with Crippen molar-refractivity contribution in [2.75, 3.05) is 7.11 Å². The van der Waals surface area contributed by atoms with Crippen LogP contribution >= 0.6 is 0 Å². The van der Waals surface area contributed by atoms with Crippen LogP contribution < -0.4 is 4.74 Å². The van der Waals surface area contributed by atoms with Crippen molar-refractivity contribution in [2.45, 2.75) is 0 Å². The molecule has 0 atom stereocenters. The number of phenols is 1. The number of aromatic nitrogens is 3. The van der Waals surface area contributed by atoms with Gasteiger partial charge in [-0.3, -0.25) is 4.40 Å². The van der Waals surface area contributed by atoms with Gasteiger partial charge in [0.1, 0.15) is 23.1 Å². The summed E-state index contributed by atoms with van der Waals surface area (Å²) >= 11 is 0. The molecule has 1 aromatic carbocycles. The summed E-state index contributed by atoms with van der Waals surface area (Å²) in [5, 5.41) is 10.2. The highest BCUT2D eigenvalue weighted by molar-refractivity contribution is 5.84. The predicted molar refractivity (Wildman–Crippen MR) is 92.0 cm³/mol. The second-order valence-electron chi connectivity index (χ2n) is 5.46. The average Bonchev–Trinajstić information content (AvgIpc) is 3.03. The Morgan fingerprint density at radius 3 is 2.80 bits per heavy atom. The van der Waals surface area contributed by atoms with Crippen LogP contribution in [-0.4, -0.2) is 26.6 Å². The Hall–Kier alpha value is -3.41. The maximum Gasteiger partial charge on any atom is 0.222 e. The first-order chi connectivity index (χ1) is 12.2. The van der Waals surface area contributed by atoms with Gasteiger partial charge in [-0.25, -0.2) is 14.4 Å². The highest BCUT2D eigenvalue weighted by Crippen LogP contribution is 2.36. The van der Waals surface area contributed by atoms with Crippen molar-refractivity contribution in [3.8, 4) is 34.3 Å². The molecule has 0 aliphatic carbocycles. The lowest BCUT2D eigenvalue weighted by molar-refractivity contribution is 0.399. The number of hydrogen-bond donors (Lipinski definition) is 1. The molecule has 0 spiro atoms. The summed E-state index contributed by atoms with van der Waals surface area (Å²) in [6, 6.07) is 13.1. The van der Waals surface area contributed by atoms with Gasteiger partial charge in [-0.05, 0) is 42.5 Å². The van der Waals surface area contributed by atoms with Crippen molar-refractivity contribution in [1.82, 2.24) is 14.4 Å². The number of benzene rings is 1. The maximum atomic E-state index is 13.7. The molecular weight excluding hydrogens is 321 g/mol. The Balaban J connectivity index is 2.04. The molecule has 5 nitrogen and oxygen atoms in total. The number of fused-ring (bicyclic) bond motifs is 1. The number of methoxy groups -OCH3 is 1. The summed E-state index contributed by atoms with van der Waals surface area (Å²) in [7, 11) is 1.55. The lowest BCUT2D eigenvalue weighted by Gasteiger charge is -2.04. The summed E-state index contributed by atoms with van der Waals surface area (Å²) in [4.78, 5) is 8.87. The van der Waals surface area contributed by atoms with E-state index in [9.17, 15) is 9.50 Å². The maximum absolute atomic E-state index is 13.7. The summed E-state index contributed by atoms with van der Waals surface area (Å²) < 4.78 is 20.8. The summed E-state index contributed by atoms with van der Waals surface area (Å²) in [6.45, 7) is 0. The number of hydrogen-bond acceptors (Lipinski definition) is 4. The van der Waals surface area contributed by atoms with E-state index >= 15 is 0 Å². The van der Waals surface area contributed by atoms with Crippen molar-refractivity contribution in [1.29, 1.82) is 0 Å². The standard InChI is InChI=1S/C19H14FN3O2/c1-25-19-13(5-4-9-21-19)17-15-6-2-3-10-23(15)18(22-17)14-11-12(20)7-8-16(14)24/h2-11,24H,1H3. The van der Waals surface area contributed by atoms with E-state index in [1.165, 1.54) is 18.2 Å². The van der Waals surface area contributed by atoms with E-state index in [1.807, 2.05) is 30.5 Å². The molecule has 25 heavy (non-hydrogen) atoms. The van der Waals surface area contributed by atoms with Crippen molar-refractivity contribution >= 4 is 5.52 Å². The molecule has 0 saturated carbocycles. The topological polar surface area (TPSA) is 59.7 Å². The number of halogens is 1. The molecule has 3 aromatic heterocycles. The quantitative estimate of drug-likeness (QED) is 0.616. The lowest BCUT2D eigenvalue weighted by Crippen LogP contribution is -1.91. The average molecular weight is 335 g/mol. The van der Waals surface area contributed by atoms with Gasteiger partial charge in [-0.1, -0.05) is 6.07 Å². The number of ether oxygens (including phenoxy) is 1. The van der Waals surface area contributed by atoms with Gasteiger partial charge in [0.25, 0.3) is 0 Å². The predicted octanol–water partition coefficient (Wildman–Crippen LogP) is 3.92. The van der Waals surface area contributed by atoms with Gasteiger partial charge in [-0.2, -0.15) is 0 Å². The number of aromatic hydroxyl groups is 1. The fraction of sp³-hybridized carbons (Fsp3) is 0.0526. The fourth-order valence-electron chi connectivity index (χ4n) is 2.85. The van der Waals surface area contributed by atoms with Gasteiger partial charge in [0.2, 0.25) is 5.88 Å². The van der Waals surface area contributed by atoms with Crippen LogP contribution in [0.4, 0.5) is 4.39 Å². The second kappa shape index (κ2) is 5.90. The van der Waals surface area contributed by atoms with Crippen molar-refractivity contribution in [2.24, 2.45) is 0 Å². The molecule has 0 unspecified atom stereocenters. The van der Waals surface area contributed by atoms with E-state index in [0.29, 0.717) is 23.0 Å². The SMILES string of the molecule is COc1ncccc1-c1nc(-c2cc(F)ccc2O)n2ccccc12. The molecule has 6 heteroatoms. The van der Waals surface area contributed by atoms with Gasteiger partial charge in [0, 0.05) is 12.4 Å². The molecule has 4 rings (SSSR count). The van der Waals surface area contributed by atoms with Crippen LogP contribution in [0.1, 0.15) is 0 Å². The zero-order chi connectivity index (χ0) is 17.4. The summed E-state index contributed by atoms with van der Waals surface area (Å²) in [5.41, 5.74) is 2.47. The van der Waals surface area contributed by atoms with Crippen molar-refractivity contribution in [3.05, 3.63) is 66.7 Å². The Morgan fingerprint density at radius 2 is 1.96 bits per heavy atom. The van der Waals surface area contributed by atoms with Crippen LogP contribution in [0.2, 0.25) is 0 Å². The number of phenolic OH excluding ortho intramolecular Hbond substituents is 1. The van der Waals surface area contributed by atoms with Gasteiger partial charge in [0.05, 0.1) is 23.8 Å². The molecule has 0 aliphatic rings. The molecule has 0 aliphatic heterocycles. The Morgan fingerprint density at radius 1 is 1.08 bits per heavy atom. The minimum atomic E-state index is -0.444.